The Kier molecular flexibility index (Phi) is 4.35. The summed E-state index contributed by atoms with van der Waals surface area (Å²) >= 11 is 0. The molecule has 4 aromatic rings. The number of aryl methyl sites for hydroxylation is 1. The van der Waals surface area contributed by atoms with Gasteiger partial charge in [-0.05, 0) is 24.3 Å². The van der Waals surface area contributed by atoms with Crippen molar-refractivity contribution >= 4 is 22.5 Å². The summed E-state index contributed by atoms with van der Waals surface area (Å²) in [6.07, 6.45) is -4.60. The fraction of sp³-hybridized carbons (Fsp3) is 0.368. The van der Waals surface area contributed by atoms with Crippen LogP contribution in [0.25, 0.3) is 16.7 Å². The molecule has 1 saturated heterocycles. The van der Waals surface area contributed by atoms with Gasteiger partial charge >= 0.3 is 6.18 Å². The first kappa shape index (κ1) is 18.8. The lowest BCUT2D eigenvalue weighted by Gasteiger charge is -2.35. The topological polar surface area (TPSA) is 67.4 Å². The van der Waals surface area contributed by atoms with Crippen LogP contribution in [0.3, 0.4) is 0 Å². The van der Waals surface area contributed by atoms with E-state index in [0.29, 0.717) is 18.9 Å². The number of para-hydroxylation sites is 2. The van der Waals surface area contributed by atoms with Crippen molar-refractivity contribution < 1.29 is 13.2 Å². The van der Waals surface area contributed by atoms with E-state index in [1.807, 2.05) is 36.2 Å². The highest BCUT2D eigenvalue weighted by molar-refractivity contribution is 5.75. The van der Waals surface area contributed by atoms with Crippen LogP contribution in [0.15, 0.2) is 36.4 Å². The molecule has 0 atom stereocenters. The van der Waals surface area contributed by atoms with E-state index >= 15 is 0 Å². The zero-order valence-electron chi connectivity index (χ0n) is 16.2. The molecule has 0 bridgehead atoms. The van der Waals surface area contributed by atoms with Crippen molar-refractivity contribution in [3.63, 3.8) is 0 Å². The van der Waals surface area contributed by atoms with Gasteiger partial charge < -0.3 is 9.47 Å². The minimum atomic E-state index is -4.60. The Hall–Kier alpha value is -3.21. The van der Waals surface area contributed by atoms with Crippen molar-refractivity contribution in [2.75, 3.05) is 31.1 Å². The first-order valence-electron chi connectivity index (χ1n) is 9.57. The fourth-order valence-corrected chi connectivity index (χ4v) is 3.80. The normalized spacial score (nSPS) is 16.1. The van der Waals surface area contributed by atoms with E-state index < -0.39 is 12.0 Å². The van der Waals surface area contributed by atoms with Crippen LogP contribution in [0.1, 0.15) is 11.6 Å². The molecule has 1 fully saturated rings. The van der Waals surface area contributed by atoms with Gasteiger partial charge in [0.15, 0.2) is 5.65 Å². The van der Waals surface area contributed by atoms with Crippen molar-refractivity contribution in [2.45, 2.75) is 12.7 Å². The summed E-state index contributed by atoms with van der Waals surface area (Å²) in [5.41, 5.74) is 2.14. The molecular weight excluding hydrogens is 397 g/mol. The average Bonchev–Trinajstić information content (AvgIpc) is 3.30. The quantitative estimate of drug-likeness (QED) is 0.511. The van der Waals surface area contributed by atoms with Crippen molar-refractivity contribution in [1.29, 1.82) is 0 Å². The summed E-state index contributed by atoms with van der Waals surface area (Å²) in [7, 11) is 2.01. The molecule has 0 amide bonds. The van der Waals surface area contributed by atoms with E-state index in [1.165, 1.54) is 6.07 Å². The van der Waals surface area contributed by atoms with Gasteiger partial charge in [0, 0.05) is 33.2 Å². The van der Waals surface area contributed by atoms with Crippen LogP contribution in [-0.2, 0) is 19.8 Å². The maximum absolute atomic E-state index is 13.1. The van der Waals surface area contributed by atoms with Gasteiger partial charge in [-0.2, -0.15) is 17.7 Å². The number of halogens is 3. The molecule has 0 unspecified atom stereocenters. The number of anilines is 1. The van der Waals surface area contributed by atoms with Gasteiger partial charge in [-0.15, -0.1) is 15.3 Å². The molecule has 1 aliphatic rings. The zero-order valence-corrected chi connectivity index (χ0v) is 16.2. The minimum absolute atomic E-state index is 0.0755. The predicted octanol–water partition coefficient (Wildman–Crippen LogP) is 2.35. The Balaban J connectivity index is 1.30. The summed E-state index contributed by atoms with van der Waals surface area (Å²) < 4.78 is 42.2. The minimum Gasteiger partial charge on any atom is -0.353 e. The molecule has 0 saturated carbocycles. The van der Waals surface area contributed by atoms with Crippen LogP contribution < -0.4 is 4.90 Å². The van der Waals surface area contributed by atoms with Crippen molar-refractivity contribution in [3.05, 3.63) is 48.0 Å². The van der Waals surface area contributed by atoms with Crippen molar-refractivity contribution in [1.82, 2.24) is 34.3 Å². The van der Waals surface area contributed by atoms with Crippen molar-refractivity contribution in [2.24, 2.45) is 7.05 Å². The van der Waals surface area contributed by atoms with Crippen molar-refractivity contribution in [3.8, 4) is 0 Å². The molecule has 156 valence electrons. The van der Waals surface area contributed by atoms with Gasteiger partial charge in [-0.3, -0.25) is 4.90 Å². The SMILES string of the molecule is Cn1c(CN2CCN(c3ccc4nnc(C(F)(F)F)n4n3)CC2)nc2ccccc21. The molecular formula is C19H19F3N8. The predicted molar refractivity (Wildman–Crippen MR) is 104 cm³/mol. The molecule has 0 spiro atoms. The number of rotatable bonds is 3. The Morgan fingerprint density at radius 3 is 2.47 bits per heavy atom. The Morgan fingerprint density at radius 1 is 0.967 bits per heavy atom. The highest BCUT2D eigenvalue weighted by Crippen LogP contribution is 2.28. The first-order valence-corrected chi connectivity index (χ1v) is 9.57. The third-order valence-electron chi connectivity index (χ3n) is 5.44. The summed E-state index contributed by atoms with van der Waals surface area (Å²) in [6, 6.07) is 11.2. The average molecular weight is 416 g/mol. The number of imidazole rings is 1. The second kappa shape index (κ2) is 6.94. The molecule has 1 aromatic carbocycles. The van der Waals surface area contributed by atoms with E-state index in [1.54, 1.807) is 6.07 Å². The number of alkyl halides is 3. The van der Waals surface area contributed by atoms with Crippen LogP contribution in [0.2, 0.25) is 0 Å². The zero-order chi connectivity index (χ0) is 20.9. The molecule has 0 aliphatic carbocycles. The van der Waals surface area contributed by atoms with Gasteiger partial charge in [-0.25, -0.2) is 4.98 Å². The van der Waals surface area contributed by atoms with Gasteiger partial charge in [0.1, 0.15) is 11.6 Å². The third kappa shape index (κ3) is 3.24. The second-order valence-electron chi connectivity index (χ2n) is 7.32. The second-order valence-corrected chi connectivity index (χ2v) is 7.32. The molecule has 11 heteroatoms. The maximum Gasteiger partial charge on any atom is 0.453 e. The molecule has 30 heavy (non-hydrogen) atoms. The molecule has 3 aromatic heterocycles. The number of fused-ring (bicyclic) bond motifs is 2. The van der Waals surface area contributed by atoms with Gasteiger partial charge in [-0.1, -0.05) is 12.1 Å². The van der Waals surface area contributed by atoms with E-state index in [0.717, 1.165) is 41.0 Å². The number of benzene rings is 1. The molecule has 8 nitrogen and oxygen atoms in total. The Labute approximate surface area is 169 Å². The first-order chi connectivity index (χ1) is 14.4. The summed E-state index contributed by atoms with van der Waals surface area (Å²) in [5.74, 6) is 0.360. The van der Waals surface area contributed by atoms with E-state index in [4.69, 9.17) is 4.98 Å². The Morgan fingerprint density at radius 2 is 1.73 bits per heavy atom. The Bertz CT molecular complexity index is 1200. The summed E-state index contributed by atoms with van der Waals surface area (Å²) in [6.45, 7) is 3.56. The van der Waals surface area contributed by atoms with Crippen LogP contribution >= 0.6 is 0 Å². The highest BCUT2D eigenvalue weighted by Gasteiger charge is 2.37. The smallest absolute Gasteiger partial charge is 0.353 e. The molecule has 5 rings (SSSR count). The number of hydrogen-bond donors (Lipinski definition) is 0. The van der Waals surface area contributed by atoms with E-state index in [-0.39, 0.29) is 5.65 Å². The maximum atomic E-state index is 13.1. The summed E-state index contributed by atoms with van der Waals surface area (Å²) in [4.78, 5) is 8.98. The largest absolute Gasteiger partial charge is 0.453 e. The highest BCUT2D eigenvalue weighted by atomic mass is 19.4. The lowest BCUT2D eigenvalue weighted by atomic mass is 10.3. The van der Waals surface area contributed by atoms with Gasteiger partial charge in [0.05, 0.1) is 17.6 Å². The lowest BCUT2D eigenvalue weighted by molar-refractivity contribution is -0.146. The van der Waals surface area contributed by atoms with Crippen LogP contribution in [-0.4, -0.2) is 60.4 Å². The number of nitrogens with zero attached hydrogens (tertiary/aromatic N) is 8. The van der Waals surface area contributed by atoms with Crippen LogP contribution in [0.4, 0.5) is 19.0 Å². The van der Waals surface area contributed by atoms with E-state index in [2.05, 4.69) is 24.8 Å². The van der Waals surface area contributed by atoms with Crippen LogP contribution in [0, 0.1) is 0 Å². The third-order valence-corrected chi connectivity index (χ3v) is 5.44. The summed E-state index contributed by atoms with van der Waals surface area (Å²) in [5, 5.41) is 10.9. The molecule has 4 heterocycles. The monoisotopic (exact) mass is 416 g/mol. The lowest BCUT2D eigenvalue weighted by Crippen LogP contribution is -2.46. The van der Waals surface area contributed by atoms with Gasteiger partial charge in [0.2, 0.25) is 0 Å². The number of aromatic nitrogens is 6. The molecule has 0 radical (unpaired) electrons. The standard InChI is InChI=1S/C19H19F3N8/c1-27-14-5-3-2-4-13(14)23-17(27)12-28-8-10-29(11-9-28)16-7-6-15-24-25-18(19(20,21)22)30(15)26-16/h2-7H,8-12H2,1H3. The van der Waals surface area contributed by atoms with E-state index in [9.17, 15) is 13.2 Å². The van der Waals surface area contributed by atoms with Crippen LogP contribution in [0.5, 0.6) is 0 Å². The number of hydrogen-bond acceptors (Lipinski definition) is 6. The fourth-order valence-electron chi connectivity index (χ4n) is 3.80. The molecule has 1 aliphatic heterocycles. The van der Waals surface area contributed by atoms with Gasteiger partial charge in [0.25, 0.3) is 5.82 Å². The molecule has 0 N–H and O–H groups in total. The number of piperazine rings is 1.